The summed E-state index contributed by atoms with van der Waals surface area (Å²) in [6.45, 7) is 0. The molecule has 3 nitrogen and oxygen atoms in total. The number of pyridine rings is 2. The van der Waals surface area contributed by atoms with Gasteiger partial charge in [-0.05, 0) is 24.3 Å². The van der Waals surface area contributed by atoms with Gasteiger partial charge >= 0.3 is 6.18 Å². The molecule has 0 radical (unpaired) electrons. The van der Waals surface area contributed by atoms with Crippen molar-refractivity contribution in [2.75, 3.05) is 0 Å². The molecule has 18 heavy (non-hydrogen) atoms. The molecule has 0 spiro atoms. The second-order valence-electron chi connectivity index (χ2n) is 3.52. The highest BCUT2D eigenvalue weighted by atomic mass is 19.4. The molecule has 0 aliphatic rings. The molecule has 0 aromatic carbocycles. The lowest BCUT2D eigenvalue weighted by atomic mass is 10.1. The number of hydrogen-bond donors (Lipinski definition) is 0. The van der Waals surface area contributed by atoms with Gasteiger partial charge < -0.3 is 0 Å². The third-order valence-electron chi connectivity index (χ3n) is 2.27. The zero-order valence-corrected chi connectivity index (χ0v) is 8.98. The van der Waals surface area contributed by atoms with E-state index >= 15 is 0 Å². The summed E-state index contributed by atoms with van der Waals surface area (Å²) in [6.07, 6.45) is -1.36. The van der Waals surface area contributed by atoms with Crippen LogP contribution in [0.2, 0.25) is 0 Å². The summed E-state index contributed by atoms with van der Waals surface area (Å²) in [6, 6.07) is 5.27. The Labute approximate surface area is 100 Å². The summed E-state index contributed by atoms with van der Waals surface area (Å²) in [5.74, 6) is 0. The minimum Gasteiger partial charge on any atom is -0.298 e. The maximum absolute atomic E-state index is 12.3. The molecule has 2 aromatic rings. The lowest BCUT2D eigenvalue weighted by molar-refractivity contribution is -0.141. The second-order valence-corrected chi connectivity index (χ2v) is 3.52. The Hall–Kier alpha value is -2.24. The largest absolute Gasteiger partial charge is 0.433 e. The van der Waals surface area contributed by atoms with Crippen molar-refractivity contribution in [3.63, 3.8) is 0 Å². The molecule has 0 saturated heterocycles. The molecule has 92 valence electrons. The molecular weight excluding hydrogens is 245 g/mol. The number of hydrogen-bond acceptors (Lipinski definition) is 3. The summed E-state index contributed by atoms with van der Waals surface area (Å²) >= 11 is 0. The van der Waals surface area contributed by atoms with Crippen molar-refractivity contribution in [1.29, 1.82) is 0 Å². The van der Waals surface area contributed by atoms with Crippen LogP contribution in [0, 0.1) is 0 Å². The van der Waals surface area contributed by atoms with E-state index in [1.807, 2.05) is 0 Å². The van der Waals surface area contributed by atoms with Crippen molar-refractivity contribution >= 4 is 6.29 Å². The van der Waals surface area contributed by atoms with Gasteiger partial charge in [-0.2, -0.15) is 13.2 Å². The number of carbonyl (C=O) groups excluding carboxylic acids is 1. The van der Waals surface area contributed by atoms with Gasteiger partial charge in [-0.15, -0.1) is 0 Å². The molecule has 2 heterocycles. The van der Waals surface area contributed by atoms with Gasteiger partial charge in [-0.25, -0.2) is 0 Å². The third-order valence-corrected chi connectivity index (χ3v) is 2.27. The van der Waals surface area contributed by atoms with E-state index in [1.165, 1.54) is 18.3 Å². The van der Waals surface area contributed by atoms with Crippen molar-refractivity contribution < 1.29 is 18.0 Å². The molecule has 0 unspecified atom stereocenters. The van der Waals surface area contributed by atoms with Crippen molar-refractivity contribution in [3.8, 4) is 11.3 Å². The number of nitrogens with zero attached hydrogens (tertiary/aromatic N) is 2. The lowest BCUT2D eigenvalue weighted by Gasteiger charge is -2.06. The van der Waals surface area contributed by atoms with Crippen LogP contribution in [-0.2, 0) is 6.18 Å². The van der Waals surface area contributed by atoms with E-state index in [4.69, 9.17) is 0 Å². The van der Waals surface area contributed by atoms with Gasteiger partial charge in [0.1, 0.15) is 5.69 Å². The maximum atomic E-state index is 12.3. The average Bonchev–Trinajstić information content (AvgIpc) is 2.38. The molecule has 0 bridgehead atoms. The van der Waals surface area contributed by atoms with E-state index in [2.05, 4.69) is 9.97 Å². The van der Waals surface area contributed by atoms with Gasteiger partial charge in [-0.1, -0.05) is 0 Å². The molecule has 0 amide bonds. The first kappa shape index (κ1) is 12.2. The van der Waals surface area contributed by atoms with Crippen LogP contribution < -0.4 is 0 Å². The first-order valence-electron chi connectivity index (χ1n) is 4.95. The van der Waals surface area contributed by atoms with Gasteiger partial charge in [0.2, 0.25) is 0 Å². The molecule has 0 aliphatic heterocycles. The zero-order chi connectivity index (χ0) is 13.2. The fraction of sp³-hybridized carbons (Fsp3) is 0.0833. The highest BCUT2D eigenvalue weighted by Gasteiger charge is 2.32. The first-order chi connectivity index (χ1) is 8.50. The Kier molecular flexibility index (Phi) is 3.10. The van der Waals surface area contributed by atoms with Crippen molar-refractivity contribution in [2.24, 2.45) is 0 Å². The lowest BCUT2D eigenvalue weighted by Crippen LogP contribution is -2.07. The fourth-order valence-corrected chi connectivity index (χ4v) is 1.36. The SMILES string of the molecule is O=Cc1ccc(-c2ccc(C(F)(F)F)nc2)nc1. The van der Waals surface area contributed by atoms with Crippen LogP contribution in [0.1, 0.15) is 16.1 Å². The third kappa shape index (κ3) is 2.53. The van der Waals surface area contributed by atoms with Gasteiger partial charge in [0.25, 0.3) is 0 Å². The topological polar surface area (TPSA) is 42.9 Å². The summed E-state index contributed by atoms with van der Waals surface area (Å²) < 4.78 is 36.9. The molecule has 2 rings (SSSR count). The number of aromatic nitrogens is 2. The number of aldehydes is 1. The molecular formula is C12H7F3N2O. The highest BCUT2D eigenvalue weighted by molar-refractivity contribution is 5.75. The smallest absolute Gasteiger partial charge is 0.298 e. The second kappa shape index (κ2) is 4.56. The maximum Gasteiger partial charge on any atom is 0.433 e. The minimum absolute atomic E-state index is 0.402. The Morgan fingerprint density at radius 1 is 1.00 bits per heavy atom. The standard InChI is InChI=1S/C12H7F3N2O/c13-12(14,15)11-4-2-9(6-17-11)10-3-1-8(7-18)5-16-10/h1-7H. The van der Waals surface area contributed by atoms with Gasteiger partial charge in [0, 0.05) is 23.5 Å². The summed E-state index contributed by atoms with van der Waals surface area (Å²) in [5, 5.41) is 0. The van der Waals surface area contributed by atoms with Crippen molar-refractivity contribution in [2.45, 2.75) is 6.18 Å². The van der Waals surface area contributed by atoms with Crippen LogP contribution in [0.15, 0.2) is 36.7 Å². The van der Waals surface area contributed by atoms with Crippen LogP contribution >= 0.6 is 0 Å². The predicted octanol–water partition coefficient (Wildman–Crippen LogP) is 2.97. The number of carbonyl (C=O) groups is 1. The number of alkyl halides is 3. The number of rotatable bonds is 2. The van der Waals surface area contributed by atoms with Crippen LogP contribution in [0.5, 0.6) is 0 Å². The average molecular weight is 252 g/mol. The Morgan fingerprint density at radius 3 is 2.22 bits per heavy atom. The van der Waals surface area contributed by atoms with Crippen LogP contribution in [0.4, 0.5) is 13.2 Å². The van der Waals surface area contributed by atoms with Gasteiger partial charge in [0.15, 0.2) is 6.29 Å². The molecule has 0 atom stereocenters. The van der Waals surface area contributed by atoms with E-state index in [-0.39, 0.29) is 0 Å². The minimum atomic E-state index is -4.45. The molecule has 0 aliphatic carbocycles. The van der Waals surface area contributed by atoms with Crippen molar-refractivity contribution in [3.05, 3.63) is 47.9 Å². The molecule has 0 N–H and O–H groups in total. The van der Waals surface area contributed by atoms with E-state index in [1.54, 1.807) is 6.07 Å². The molecule has 2 aromatic heterocycles. The molecule has 0 saturated carbocycles. The fourth-order valence-electron chi connectivity index (χ4n) is 1.36. The van der Waals surface area contributed by atoms with E-state index in [0.717, 1.165) is 12.3 Å². The summed E-state index contributed by atoms with van der Waals surface area (Å²) in [7, 11) is 0. The van der Waals surface area contributed by atoms with Gasteiger partial charge in [-0.3, -0.25) is 14.8 Å². The van der Waals surface area contributed by atoms with Crippen LogP contribution in [-0.4, -0.2) is 16.3 Å². The normalized spacial score (nSPS) is 11.3. The Bertz CT molecular complexity index is 547. The van der Waals surface area contributed by atoms with E-state index in [0.29, 0.717) is 23.1 Å². The zero-order valence-electron chi connectivity index (χ0n) is 8.98. The summed E-state index contributed by atoms with van der Waals surface area (Å²) in [4.78, 5) is 17.7. The van der Waals surface area contributed by atoms with Crippen LogP contribution in [0.3, 0.4) is 0 Å². The van der Waals surface area contributed by atoms with Crippen molar-refractivity contribution in [1.82, 2.24) is 9.97 Å². The number of halogens is 3. The quantitative estimate of drug-likeness (QED) is 0.771. The van der Waals surface area contributed by atoms with Crippen LogP contribution in [0.25, 0.3) is 11.3 Å². The first-order valence-corrected chi connectivity index (χ1v) is 4.95. The predicted molar refractivity (Wildman–Crippen MR) is 57.9 cm³/mol. The van der Waals surface area contributed by atoms with Gasteiger partial charge in [0.05, 0.1) is 5.69 Å². The Balaban J connectivity index is 2.31. The summed E-state index contributed by atoms with van der Waals surface area (Å²) in [5.41, 5.74) is 0.372. The molecule has 6 heteroatoms. The van der Waals surface area contributed by atoms with E-state index in [9.17, 15) is 18.0 Å². The Morgan fingerprint density at radius 2 is 1.78 bits per heavy atom. The molecule has 0 fully saturated rings. The highest BCUT2D eigenvalue weighted by Crippen LogP contribution is 2.28. The monoisotopic (exact) mass is 252 g/mol. The van der Waals surface area contributed by atoms with E-state index < -0.39 is 11.9 Å².